The van der Waals surface area contributed by atoms with E-state index in [0.717, 1.165) is 17.7 Å². The molecule has 2 nitrogen and oxygen atoms in total. The Labute approximate surface area is 114 Å². The Hall–Kier alpha value is -1.80. The summed E-state index contributed by atoms with van der Waals surface area (Å²) >= 11 is 0. The molecule has 0 spiro atoms. The van der Waals surface area contributed by atoms with Gasteiger partial charge in [0.2, 0.25) is 0 Å². The largest absolute Gasteiger partial charge is 0.383 e. The summed E-state index contributed by atoms with van der Waals surface area (Å²) < 4.78 is 0. The van der Waals surface area contributed by atoms with E-state index in [4.69, 9.17) is 0 Å². The van der Waals surface area contributed by atoms with Crippen molar-refractivity contribution in [2.75, 3.05) is 5.32 Å². The minimum atomic E-state index is -0.868. The number of para-hydroxylation sites is 1. The topological polar surface area (TPSA) is 32.3 Å². The van der Waals surface area contributed by atoms with Gasteiger partial charge >= 0.3 is 0 Å². The Morgan fingerprint density at radius 2 is 1.79 bits per heavy atom. The van der Waals surface area contributed by atoms with Gasteiger partial charge in [-0.3, -0.25) is 0 Å². The molecule has 1 aliphatic heterocycles. The van der Waals surface area contributed by atoms with Gasteiger partial charge in [0, 0.05) is 5.69 Å². The van der Waals surface area contributed by atoms with Gasteiger partial charge in [-0.2, -0.15) is 0 Å². The highest BCUT2D eigenvalue weighted by atomic mass is 16.3. The van der Waals surface area contributed by atoms with Crippen LogP contribution in [0.2, 0.25) is 0 Å². The van der Waals surface area contributed by atoms with Crippen molar-refractivity contribution in [2.24, 2.45) is 0 Å². The number of aliphatic hydroxyl groups is 1. The second-order valence-electron chi connectivity index (χ2n) is 5.57. The van der Waals surface area contributed by atoms with Crippen molar-refractivity contribution in [1.82, 2.24) is 0 Å². The Balaban J connectivity index is 1.89. The molecule has 3 rings (SSSR count). The van der Waals surface area contributed by atoms with Crippen molar-refractivity contribution in [3.05, 3.63) is 65.2 Å². The Morgan fingerprint density at radius 3 is 2.47 bits per heavy atom. The fourth-order valence-corrected chi connectivity index (χ4v) is 2.73. The number of anilines is 1. The summed E-state index contributed by atoms with van der Waals surface area (Å²) in [7, 11) is 0. The van der Waals surface area contributed by atoms with Gasteiger partial charge in [0.25, 0.3) is 0 Å². The standard InChI is InChI=1S/C17H19NO/c1-12-7-9-14(10-8-12)17(2,19)16-11-13-5-3-4-6-15(13)18-16/h3-10,16,18-19H,11H2,1-2H3. The maximum absolute atomic E-state index is 10.9. The quantitative estimate of drug-likeness (QED) is 0.861. The van der Waals surface area contributed by atoms with E-state index in [9.17, 15) is 5.11 Å². The van der Waals surface area contributed by atoms with Gasteiger partial charge in [0.15, 0.2) is 0 Å². The summed E-state index contributed by atoms with van der Waals surface area (Å²) in [4.78, 5) is 0. The Bertz CT molecular complexity index is 561. The van der Waals surface area contributed by atoms with Gasteiger partial charge in [0.05, 0.1) is 6.04 Å². The second kappa shape index (κ2) is 4.39. The predicted octanol–water partition coefficient (Wildman–Crippen LogP) is 3.24. The number of fused-ring (bicyclic) bond motifs is 1. The molecule has 2 unspecified atom stereocenters. The smallest absolute Gasteiger partial charge is 0.107 e. The molecule has 0 fully saturated rings. The molecule has 0 bridgehead atoms. The summed E-state index contributed by atoms with van der Waals surface area (Å²) in [6.45, 7) is 3.95. The van der Waals surface area contributed by atoms with E-state index in [1.165, 1.54) is 11.1 Å². The van der Waals surface area contributed by atoms with Gasteiger partial charge in [-0.1, -0.05) is 48.0 Å². The molecule has 1 aliphatic rings. The third-order valence-electron chi connectivity index (χ3n) is 4.09. The van der Waals surface area contributed by atoms with Crippen LogP contribution >= 0.6 is 0 Å². The van der Waals surface area contributed by atoms with E-state index >= 15 is 0 Å². The van der Waals surface area contributed by atoms with Crippen LogP contribution in [0.25, 0.3) is 0 Å². The van der Waals surface area contributed by atoms with E-state index in [1.54, 1.807) is 0 Å². The lowest BCUT2D eigenvalue weighted by Crippen LogP contribution is -2.40. The maximum Gasteiger partial charge on any atom is 0.107 e. The second-order valence-corrected chi connectivity index (χ2v) is 5.57. The number of aryl methyl sites for hydroxylation is 1. The van der Waals surface area contributed by atoms with Gasteiger partial charge in [-0.05, 0) is 37.5 Å². The third-order valence-corrected chi connectivity index (χ3v) is 4.09. The molecular formula is C17H19NO. The molecule has 0 aliphatic carbocycles. The first-order valence-corrected chi connectivity index (χ1v) is 6.71. The average Bonchev–Trinajstić information content (AvgIpc) is 2.83. The van der Waals surface area contributed by atoms with Crippen molar-refractivity contribution < 1.29 is 5.11 Å². The summed E-state index contributed by atoms with van der Waals surface area (Å²) in [5.41, 5.74) is 3.72. The maximum atomic E-state index is 10.9. The number of benzene rings is 2. The highest BCUT2D eigenvalue weighted by Gasteiger charge is 2.37. The lowest BCUT2D eigenvalue weighted by atomic mass is 9.86. The summed E-state index contributed by atoms with van der Waals surface area (Å²) in [5, 5.41) is 14.3. The van der Waals surface area contributed by atoms with Gasteiger partial charge in [-0.15, -0.1) is 0 Å². The van der Waals surface area contributed by atoms with Crippen LogP contribution in [0.3, 0.4) is 0 Å². The van der Waals surface area contributed by atoms with E-state index in [0.29, 0.717) is 0 Å². The fraction of sp³-hybridized carbons (Fsp3) is 0.294. The molecule has 1 heterocycles. The number of hydrogen-bond acceptors (Lipinski definition) is 2. The molecule has 0 amide bonds. The zero-order valence-corrected chi connectivity index (χ0v) is 11.4. The van der Waals surface area contributed by atoms with E-state index in [-0.39, 0.29) is 6.04 Å². The molecule has 2 atom stereocenters. The van der Waals surface area contributed by atoms with Crippen molar-refractivity contribution in [3.63, 3.8) is 0 Å². The summed E-state index contributed by atoms with van der Waals surface area (Å²) in [5.74, 6) is 0. The monoisotopic (exact) mass is 253 g/mol. The molecule has 19 heavy (non-hydrogen) atoms. The molecule has 0 aromatic heterocycles. The summed E-state index contributed by atoms with van der Waals surface area (Å²) in [6.07, 6.45) is 0.858. The molecule has 2 aromatic rings. The van der Waals surface area contributed by atoms with E-state index < -0.39 is 5.60 Å². The first-order valence-electron chi connectivity index (χ1n) is 6.71. The van der Waals surface area contributed by atoms with Crippen molar-refractivity contribution in [1.29, 1.82) is 0 Å². The lowest BCUT2D eigenvalue weighted by Gasteiger charge is -2.31. The predicted molar refractivity (Wildman–Crippen MR) is 78.3 cm³/mol. The Kier molecular flexibility index (Phi) is 2.83. The van der Waals surface area contributed by atoms with Crippen LogP contribution in [0.15, 0.2) is 48.5 Å². The molecule has 2 aromatic carbocycles. The first-order chi connectivity index (χ1) is 9.07. The van der Waals surface area contributed by atoms with Crippen molar-refractivity contribution in [2.45, 2.75) is 31.9 Å². The minimum Gasteiger partial charge on any atom is -0.383 e. The lowest BCUT2D eigenvalue weighted by molar-refractivity contribution is 0.0381. The normalized spacial score (nSPS) is 20.5. The molecular weight excluding hydrogens is 234 g/mol. The van der Waals surface area contributed by atoms with Crippen LogP contribution in [-0.2, 0) is 12.0 Å². The third kappa shape index (κ3) is 2.13. The number of nitrogens with one attached hydrogen (secondary N) is 1. The minimum absolute atomic E-state index is 0.0209. The molecule has 0 saturated heterocycles. The number of hydrogen-bond donors (Lipinski definition) is 2. The highest BCUT2D eigenvalue weighted by molar-refractivity contribution is 5.57. The molecule has 98 valence electrons. The summed E-state index contributed by atoms with van der Waals surface area (Å²) in [6, 6.07) is 16.4. The van der Waals surface area contributed by atoms with Crippen LogP contribution in [0.1, 0.15) is 23.6 Å². The van der Waals surface area contributed by atoms with Crippen LogP contribution in [0, 0.1) is 6.92 Å². The average molecular weight is 253 g/mol. The van der Waals surface area contributed by atoms with Crippen LogP contribution in [-0.4, -0.2) is 11.1 Å². The highest BCUT2D eigenvalue weighted by Crippen LogP contribution is 2.35. The zero-order chi connectivity index (χ0) is 13.5. The molecule has 0 saturated carbocycles. The van der Waals surface area contributed by atoms with Crippen LogP contribution in [0.4, 0.5) is 5.69 Å². The van der Waals surface area contributed by atoms with Crippen molar-refractivity contribution >= 4 is 5.69 Å². The van der Waals surface area contributed by atoms with Gasteiger partial charge < -0.3 is 10.4 Å². The Morgan fingerprint density at radius 1 is 1.11 bits per heavy atom. The van der Waals surface area contributed by atoms with E-state index in [1.807, 2.05) is 43.3 Å². The number of rotatable bonds is 2. The van der Waals surface area contributed by atoms with Gasteiger partial charge in [0.1, 0.15) is 5.60 Å². The van der Waals surface area contributed by atoms with Gasteiger partial charge in [-0.25, -0.2) is 0 Å². The van der Waals surface area contributed by atoms with Crippen LogP contribution < -0.4 is 5.32 Å². The molecule has 0 radical (unpaired) electrons. The van der Waals surface area contributed by atoms with Crippen molar-refractivity contribution in [3.8, 4) is 0 Å². The molecule has 2 N–H and O–H groups in total. The van der Waals surface area contributed by atoms with Crippen LogP contribution in [0.5, 0.6) is 0 Å². The molecule has 2 heteroatoms. The zero-order valence-electron chi connectivity index (χ0n) is 11.4. The van der Waals surface area contributed by atoms with E-state index in [2.05, 4.69) is 24.4 Å². The fourth-order valence-electron chi connectivity index (χ4n) is 2.73. The SMILES string of the molecule is Cc1ccc(C(C)(O)C2Cc3ccccc3N2)cc1. The first kappa shape index (κ1) is 12.2.